The van der Waals surface area contributed by atoms with Gasteiger partial charge in [-0.2, -0.15) is 4.31 Å². The van der Waals surface area contributed by atoms with E-state index >= 15 is 0 Å². The number of sulfonamides is 1. The third-order valence-corrected chi connectivity index (χ3v) is 6.68. The van der Waals surface area contributed by atoms with Gasteiger partial charge in [0.1, 0.15) is 0 Å². The van der Waals surface area contributed by atoms with Gasteiger partial charge in [-0.15, -0.1) is 0 Å². The normalized spacial score (nSPS) is 22.7. The summed E-state index contributed by atoms with van der Waals surface area (Å²) in [7, 11) is -3.41. The molecule has 6 heteroatoms. The van der Waals surface area contributed by atoms with Crippen LogP contribution in [0.2, 0.25) is 0 Å². The molecule has 20 heavy (non-hydrogen) atoms. The van der Waals surface area contributed by atoms with E-state index in [2.05, 4.69) is 15.9 Å². The Balaban J connectivity index is 2.27. The number of hydrogen-bond donors (Lipinski definition) is 1. The van der Waals surface area contributed by atoms with E-state index in [0.717, 1.165) is 22.9 Å². The van der Waals surface area contributed by atoms with E-state index in [1.165, 1.54) is 0 Å². The Bertz CT molecular complexity index is 587. The maximum atomic E-state index is 12.7. The van der Waals surface area contributed by atoms with Crippen LogP contribution in [0.3, 0.4) is 0 Å². The van der Waals surface area contributed by atoms with Gasteiger partial charge >= 0.3 is 0 Å². The van der Waals surface area contributed by atoms with Crippen molar-refractivity contribution in [1.29, 1.82) is 0 Å². The number of nitrogens with two attached hydrogens (primary N) is 1. The highest BCUT2D eigenvalue weighted by Gasteiger charge is 2.31. The van der Waals surface area contributed by atoms with Crippen LogP contribution in [0.15, 0.2) is 27.6 Å². The molecule has 2 atom stereocenters. The fourth-order valence-corrected chi connectivity index (χ4v) is 4.42. The summed E-state index contributed by atoms with van der Waals surface area (Å²) in [4.78, 5) is 0.364. The van der Waals surface area contributed by atoms with Crippen molar-refractivity contribution in [2.75, 3.05) is 13.1 Å². The van der Waals surface area contributed by atoms with Gasteiger partial charge in [0.25, 0.3) is 0 Å². The molecule has 1 aromatic carbocycles. The van der Waals surface area contributed by atoms with E-state index in [-0.39, 0.29) is 12.0 Å². The van der Waals surface area contributed by atoms with Gasteiger partial charge in [0, 0.05) is 23.6 Å². The van der Waals surface area contributed by atoms with E-state index in [1.54, 1.807) is 22.5 Å². The van der Waals surface area contributed by atoms with Crippen LogP contribution >= 0.6 is 15.9 Å². The number of rotatable bonds is 3. The van der Waals surface area contributed by atoms with Crippen molar-refractivity contribution in [1.82, 2.24) is 4.31 Å². The molecule has 0 spiro atoms. The Kier molecular flexibility index (Phi) is 4.89. The molecule has 0 bridgehead atoms. The van der Waals surface area contributed by atoms with Crippen molar-refractivity contribution in [3.8, 4) is 0 Å². The summed E-state index contributed by atoms with van der Waals surface area (Å²) in [5.74, 6) is 0.245. The lowest BCUT2D eigenvalue weighted by molar-refractivity contribution is 0.243. The van der Waals surface area contributed by atoms with Gasteiger partial charge in [0.05, 0.1) is 4.90 Å². The second kappa shape index (κ2) is 6.13. The minimum absolute atomic E-state index is 0.0275. The second-order valence-electron chi connectivity index (χ2n) is 5.54. The molecule has 1 fully saturated rings. The zero-order valence-corrected chi connectivity index (χ0v) is 14.2. The van der Waals surface area contributed by atoms with Crippen LogP contribution < -0.4 is 5.73 Å². The van der Waals surface area contributed by atoms with E-state index in [0.29, 0.717) is 18.0 Å². The third kappa shape index (κ3) is 3.24. The lowest BCUT2D eigenvalue weighted by atomic mass is 9.93. The first-order chi connectivity index (χ1) is 9.32. The summed E-state index contributed by atoms with van der Waals surface area (Å²) in [6.45, 7) is 4.95. The molecule has 4 nitrogen and oxygen atoms in total. The first-order valence-corrected chi connectivity index (χ1v) is 9.07. The lowest BCUT2D eigenvalue weighted by Crippen LogP contribution is -2.44. The Morgan fingerprint density at radius 3 is 2.75 bits per heavy atom. The van der Waals surface area contributed by atoms with Gasteiger partial charge in [0.15, 0.2) is 0 Å². The summed E-state index contributed by atoms with van der Waals surface area (Å²) >= 11 is 3.40. The molecular formula is C14H21BrN2O2S. The summed E-state index contributed by atoms with van der Waals surface area (Å²) < 4.78 is 27.9. The second-order valence-corrected chi connectivity index (χ2v) is 8.33. The number of piperidine rings is 1. The first kappa shape index (κ1) is 15.9. The molecule has 112 valence electrons. The Hall–Kier alpha value is -0.430. The van der Waals surface area contributed by atoms with Gasteiger partial charge < -0.3 is 5.73 Å². The summed E-state index contributed by atoms with van der Waals surface area (Å²) in [6.07, 6.45) is 1.88. The molecule has 0 saturated carbocycles. The topological polar surface area (TPSA) is 63.4 Å². The largest absolute Gasteiger partial charge is 0.328 e. The minimum atomic E-state index is -3.41. The van der Waals surface area contributed by atoms with Crippen LogP contribution in [-0.2, 0) is 10.0 Å². The molecule has 1 aliphatic rings. The van der Waals surface area contributed by atoms with E-state index in [4.69, 9.17) is 5.73 Å². The monoisotopic (exact) mass is 360 g/mol. The standard InChI is InChI=1S/C14H21BrN2O2S/c1-10-8-13(5-6-14(10)15)20(18,19)17-7-3-4-12(9-17)11(2)16/h5-6,8,11-12H,3-4,7,9,16H2,1-2H3/t11-,12-/m1/s1. The number of benzene rings is 1. The highest BCUT2D eigenvalue weighted by Crippen LogP contribution is 2.27. The van der Waals surface area contributed by atoms with Crippen LogP contribution in [0.1, 0.15) is 25.3 Å². The summed E-state index contributed by atoms with van der Waals surface area (Å²) in [6, 6.07) is 5.19. The Morgan fingerprint density at radius 1 is 1.45 bits per heavy atom. The minimum Gasteiger partial charge on any atom is -0.328 e. The molecule has 0 aliphatic carbocycles. The quantitative estimate of drug-likeness (QED) is 0.900. The molecule has 2 rings (SSSR count). The van der Waals surface area contributed by atoms with Gasteiger partial charge in [-0.05, 0) is 56.4 Å². The molecular weight excluding hydrogens is 340 g/mol. The highest BCUT2D eigenvalue weighted by atomic mass is 79.9. The molecule has 1 aromatic rings. The highest BCUT2D eigenvalue weighted by molar-refractivity contribution is 9.10. The van der Waals surface area contributed by atoms with E-state index < -0.39 is 10.0 Å². The Labute approximate surface area is 129 Å². The number of halogens is 1. The molecule has 0 amide bonds. The van der Waals surface area contributed by atoms with Crippen molar-refractivity contribution in [3.05, 3.63) is 28.2 Å². The van der Waals surface area contributed by atoms with Crippen molar-refractivity contribution in [2.24, 2.45) is 11.7 Å². The van der Waals surface area contributed by atoms with Crippen LogP contribution in [0.4, 0.5) is 0 Å². The number of aryl methyl sites for hydroxylation is 1. The van der Waals surface area contributed by atoms with E-state index in [1.807, 2.05) is 13.8 Å². The first-order valence-electron chi connectivity index (χ1n) is 6.84. The SMILES string of the molecule is Cc1cc(S(=O)(=O)N2CCC[C@@H]([C@@H](C)N)C2)ccc1Br. The maximum Gasteiger partial charge on any atom is 0.243 e. The molecule has 0 unspecified atom stereocenters. The molecule has 0 radical (unpaired) electrons. The van der Waals surface area contributed by atoms with Crippen LogP contribution in [0.25, 0.3) is 0 Å². The van der Waals surface area contributed by atoms with Crippen molar-refractivity contribution in [3.63, 3.8) is 0 Å². The zero-order chi connectivity index (χ0) is 14.9. The maximum absolute atomic E-state index is 12.7. The third-order valence-electron chi connectivity index (χ3n) is 3.93. The van der Waals surface area contributed by atoms with Gasteiger partial charge in [-0.25, -0.2) is 8.42 Å². The predicted octanol–water partition coefficient (Wildman–Crippen LogP) is 2.51. The number of nitrogens with zero attached hydrogens (tertiary/aromatic N) is 1. The van der Waals surface area contributed by atoms with Crippen LogP contribution in [0.5, 0.6) is 0 Å². The molecule has 1 saturated heterocycles. The fourth-order valence-electron chi connectivity index (χ4n) is 2.55. The van der Waals surface area contributed by atoms with Crippen molar-refractivity contribution < 1.29 is 8.42 Å². The van der Waals surface area contributed by atoms with Gasteiger partial charge in [-0.3, -0.25) is 0 Å². The Morgan fingerprint density at radius 2 is 2.15 bits per heavy atom. The van der Waals surface area contributed by atoms with Crippen LogP contribution in [-0.4, -0.2) is 31.9 Å². The summed E-state index contributed by atoms with van der Waals surface area (Å²) in [5, 5.41) is 0. The molecule has 0 aromatic heterocycles. The van der Waals surface area contributed by atoms with Crippen molar-refractivity contribution in [2.45, 2.75) is 37.6 Å². The molecule has 2 N–H and O–H groups in total. The zero-order valence-electron chi connectivity index (χ0n) is 11.8. The lowest BCUT2D eigenvalue weighted by Gasteiger charge is -2.33. The number of hydrogen-bond acceptors (Lipinski definition) is 3. The van der Waals surface area contributed by atoms with Gasteiger partial charge in [0.2, 0.25) is 10.0 Å². The van der Waals surface area contributed by atoms with Crippen molar-refractivity contribution >= 4 is 26.0 Å². The van der Waals surface area contributed by atoms with Crippen LogP contribution in [0, 0.1) is 12.8 Å². The average molecular weight is 361 g/mol. The van der Waals surface area contributed by atoms with E-state index in [9.17, 15) is 8.42 Å². The molecule has 1 heterocycles. The predicted molar refractivity (Wildman–Crippen MR) is 84.0 cm³/mol. The molecule has 1 aliphatic heterocycles. The fraction of sp³-hybridized carbons (Fsp3) is 0.571. The summed E-state index contributed by atoms with van der Waals surface area (Å²) in [5.41, 5.74) is 6.85. The average Bonchev–Trinajstić information content (AvgIpc) is 2.42. The van der Waals surface area contributed by atoms with Gasteiger partial charge in [-0.1, -0.05) is 15.9 Å². The smallest absolute Gasteiger partial charge is 0.243 e.